The molecule has 0 bridgehead atoms. The van der Waals surface area contributed by atoms with Gasteiger partial charge in [-0.2, -0.15) is 0 Å². The number of aliphatic carboxylic acids is 1. The second-order valence-corrected chi connectivity index (χ2v) is 5.85. The second-order valence-electron chi connectivity index (χ2n) is 5.42. The number of hydrogen-bond donors (Lipinski definition) is 2. The number of hydrogen-bond acceptors (Lipinski definition) is 3. The predicted octanol–water partition coefficient (Wildman–Crippen LogP) is 2.28. The summed E-state index contributed by atoms with van der Waals surface area (Å²) in [7, 11) is 0. The summed E-state index contributed by atoms with van der Waals surface area (Å²) in [5.74, 6) is -1.42. The van der Waals surface area contributed by atoms with Crippen LogP contribution in [0.1, 0.15) is 25.7 Å². The topological polar surface area (TPSA) is 83.6 Å². The van der Waals surface area contributed by atoms with Crippen molar-refractivity contribution in [1.82, 2.24) is 0 Å². The summed E-state index contributed by atoms with van der Waals surface area (Å²) < 4.78 is 0. The summed E-state index contributed by atoms with van der Waals surface area (Å²) in [5.41, 5.74) is 6.47. The Morgan fingerprint density at radius 2 is 1.95 bits per heavy atom. The molecule has 2 atom stereocenters. The third-order valence-corrected chi connectivity index (χ3v) is 4.01. The van der Waals surface area contributed by atoms with Crippen LogP contribution in [0, 0.1) is 5.92 Å². The fourth-order valence-electron chi connectivity index (χ4n) is 2.73. The van der Waals surface area contributed by atoms with Gasteiger partial charge in [0.25, 0.3) is 0 Å². The molecule has 1 saturated carbocycles. The Kier molecular flexibility index (Phi) is 5.20. The number of halogens is 1. The average molecular weight is 311 g/mol. The molecule has 0 aromatic heterocycles. The van der Waals surface area contributed by atoms with E-state index in [2.05, 4.69) is 0 Å². The molecule has 0 spiro atoms. The maximum Gasteiger partial charge on any atom is 0.323 e. The number of rotatable bonds is 4. The predicted molar refractivity (Wildman–Crippen MR) is 81.4 cm³/mol. The first-order valence-electron chi connectivity index (χ1n) is 7.01. The van der Waals surface area contributed by atoms with Crippen molar-refractivity contribution in [1.29, 1.82) is 0 Å². The molecule has 6 heteroatoms. The Balaban J connectivity index is 2.20. The van der Waals surface area contributed by atoms with Crippen LogP contribution in [0.5, 0.6) is 0 Å². The van der Waals surface area contributed by atoms with Crippen LogP contribution in [-0.4, -0.2) is 29.6 Å². The van der Waals surface area contributed by atoms with E-state index >= 15 is 0 Å². The molecule has 2 unspecified atom stereocenters. The highest BCUT2D eigenvalue weighted by molar-refractivity contribution is 6.30. The summed E-state index contributed by atoms with van der Waals surface area (Å²) in [5, 5.41) is 9.60. The van der Waals surface area contributed by atoms with Crippen LogP contribution in [0.25, 0.3) is 0 Å². The third kappa shape index (κ3) is 4.19. The normalized spacial score (nSPS) is 21.8. The first-order chi connectivity index (χ1) is 9.97. The van der Waals surface area contributed by atoms with Gasteiger partial charge >= 0.3 is 5.97 Å². The summed E-state index contributed by atoms with van der Waals surface area (Å²) in [4.78, 5) is 25.0. The molecule has 1 amide bonds. The summed E-state index contributed by atoms with van der Waals surface area (Å²) in [6.45, 7) is -0.355. The number of amides is 1. The van der Waals surface area contributed by atoms with E-state index in [-0.39, 0.29) is 24.4 Å². The van der Waals surface area contributed by atoms with Crippen molar-refractivity contribution in [2.45, 2.75) is 31.7 Å². The smallest absolute Gasteiger partial charge is 0.323 e. The number of carboxylic acid groups (broad SMARTS) is 1. The van der Waals surface area contributed by atoms with Crippen LogP contribution in [0.15, 0.2) is 24.3 Å². The Morgan fingerprint density at radius 1 is 1.29 bits per heavy atom. The van der Waals surface area contributed by atoms with Crippen molar-refractivity contribution in [3.63, 3.8) is 0 Å². The fraction of sp³-hybridized carbons (Fsp3) is 0.467. The van der Waals surface area contributed by atoms with Crippen LogP contribution >= 0.6 is 11.6 Å². The zero-order chi connectivity index (χ0) is 15.4. The molecule has 1 fully saturated rings. The van der Waals surface area contributed by atoms with Crippen molar-refractivity contribution in [3.05, 3.63) is 29.3 Å². The molecule has 0 aliphatic heterocycles. The number of benzene rings is 1. The van der Waals surface area contributed by atoms with Crippen molar-refractivity contribution >= 4 is 29.2 Å². The van der Waals surface area contributed by atoms with Gasteiger partial charge in [0.1, 0.15) is 6.54 Å². The molecule has 1 aliphatic carbocycles. The van der Waals surface area contributed by atoms with Gasteiger partial charge in [-0.05, 0) is 43.5 Å². The van der Waals surface area contributed by atoms with Gasteiger partial charge in [-0.25, -0.2) is 0 Å². The maximum atomic E-state index is 12.6. The maximum absolute atomic E-state index is 12.6. The standard InChI is InChI=1S/C15H19ClN2O3/c16-11-4-6-13(7-5-11)18(9-14(19)20)15(21)10-2-1-3-12(17)8-10/h4-7,10,12H,1-3,8-9,17H2,(H,19,20). The number of anilines is 1. The zero-order valence-corrected chi connectivity index (χ0v) is 12.4. The van der Waals surface area contributed by atoms with Gasteiger partial charge < -0.3 is 15.7 Å². The van der Waals surface area contributed by atoms with E-state index in [0.717, 1.165) is 19.3 Å². The van der Waals surface area contributed by atoms with E-state index in [1.807, 2.05) is 0 Å². The van der Waals surface area contributed by atoms with E-state index in [1.165, 1.54) is 4.90 Å². The highest BCUT2D eigenvalue weighted by Crippen LogP contribution is 2.27. The van der Waals surface area contributed by atoms with E-state index in [9.17, 15) is 9.59 Å². The minimum absolute atomic E-state index is 0.0181. The largest absolute Gasteiger partial charge is 0.480 e. The Hall–Kier alpha value is -1.59. The molecule has 0 saturated heterocycles. The summed E-state index contributed by atoms with van der Waals surface area (Å²) >= 11 is 5.83. The SMILES string of the molecule is NC1CCCC(C(=O)N(CC(=O)O)c2ccc(Cl)cc2)C1. The molecular formula is C15H19ClN2O3. The van der Waals surface area contributed by atoms with Gasteiger partial charge in [0.15, 0.2) is 0 Å². The first-order valence-corrected chi connectivity index (χ1v) is 7.39. The monoisotopic (exact) mass is 310 g/mol. The van der Waals surface area contributed by atoms with Crippen molar-refractivity contribution < 1.29 is 14.7 Å². The highest BCUT2D eigenvalue weighted by Gasteiger charge is 2.30. The van der Waals surface area contributed by atoms with Crippen molar-refractivity contribution in [2.75, 3.05) is 11.4 Å². The average Bonchev–Trinajstić information content (AvgIpc) is 2.45. The summed E-state index contributed by atoms with van der Waals surface area (Å²) in [6, 6.07) is 6.62. The van der Waals surface area contributed by atoms with Crippen LogP contribution in [0.2, 0.25) is 5.02 Å². The van der Waals surface area contributed by atoms with E-state index in [4.69, 9.17) is 22.4 Å². The van der Waals surface area contributed by atoms with Crippen LogP contribution in [0.3, 0.4) is 0 Å². The minimum Gasteiger partial charge on any atom is -0.480 e. The molecular weight excluding hydrogens is 292 g/mol. The molecule has 0 radical (unpaired) electrons. The van der Waals surface area contributed by atoms with E-state index < -0.39 is 5.97 Å². The number of nitrogens with zero attached hydrogens (tertiary/aromatic N) is 1. The molecule has 5 nitrogen and oxygen atoms in total. The van der Waals surface area contributed by atoms with Gasteiger partial charge in [0.05, 0.1) is 0 Å². The van der Waals surface area contributed by atoms with Gasteiger partial charge in [0, 0.05) is 22.7 Å². The second kappa shape index (κ2) is 6.91. The quantitative estimate of drug-likeness (QED) is 0.893. The number of carbonyl (C=O) groups is 2. The van der Waals surface area contributed by atoms with Crippen LogP contribution in [-0.2, 0) is 9.59 Å². The number of carbonyl (C=O) groups excluding carboxylic acids is 1. The lowest BCUT2D eigenvalue weighted by molar-refractivity contribution is -0.137. The van der Waals surface area contributed by atoms with Gasteiger partial charge in [-0.15, -0.1) is 0 Å². The molecule has 1 aromatic carbocycles. The van der Waals surface area contributed by atoms with E-state index in [0.29, 0.717) is 17.1 Å². The Morgan fingerprint density at radius 3 is 2.52 bits per heavy atom. The van der Waals surface area contributed by atoms with E-state index in [1.54, 1.807) is 24.3 Å². The first kappa shape index (κ1) is 15.8. The van der Waals surface area contributed by atoms with Gasteiger partial charge in [0.2, 0.25) is 5.91 Å². The third-order valence-electron chi connectivity index (χ3n) is 3.76. The minimum atomic E-state index is -1.04. The summed E-state index contributed by atoms with van der Waals surface area (Å²) in [6.07, 6.45) is 3.20. The molecule has 3 N–H and O–H groups in total. The molecule has 1 aromatic rings. The van der Waals surface area contributed by atoms with Crippen molar-refractivity contribution in [3.8, 4) is 0 Å². The van der Waals surface area contributed by atoms with Crippen LogP contribution in [0.4, 0.5) is 5.69 Å². The number of nitrogens with two attached hydrogens (primary N) is 1. The highest BCUT2D eigenvalue weighted by atomic mass is 35.5. The fourth-order valence-corrected chi connectivity index (χ4v) is 2.85. The molecule has 2 rings (SSSR count). The lowest BCUT2D eigenvalue weighted by Gasteiger charge is -2.30. The van der Waals surface area contributed by atoms with Crippen molar-refractivity contribution in [2.24, 2.45) is 11.7 Å². The zero-order valence-electron chi connectivity index (χ0n) is 11.7. The van der Waals surface area contributed by atoms with Gasteiger partial charge in [-0.1, -0.05) is 18.0 Å². The Labute approximate surface area is 128 Å². The molecule has 1 aliphatic rings. The molecule has 21 heavy (non-hydrogen) atoms. The molecule has 0 heterocycles. The van der Waals surface area contributed by atoms with Gasteiger partial charge in [-0.3, -0.25) is 9.59 Å². The lowest BCUT2D eigenvalue weighted by atomic mass is 9.85. The van der Waals surface area contributed by atoms with Crippen LogP contribution < -0.4 is 10.6 Å². The molecule has 114 valence electrons. The Bertz CT molecular complexity index is 518. The number of carboxylic acids is 1. The lowest BCUT2D eigenvalue weighted by Crippen LogP contribution is -2.43.